The van der Waals surface area contributed by atoms with Gasteiger partial charge in [0.15, 0.2) is 0 Å². The van der Waals surface area contributed by atoms with Crippen LogP contribution in [0.1, 0.15) is 10.4 Å². The number of methoxy groups -OCH3 is 1. The van der Waals surface area contributed by atoms with Crippen molar-refractivity contribution in [1.29, 1.82) is 0 Å². The van der Waals surface area contributed by atoms with Gasteiger partial charge in [-0.1, -0.05) is 6.07 Å². The molecule has 0 bridgehead atoms. The number of ether oxygens (including phenoxy) is 1. The van der Waals surface area contributed by atoms with Crippen molar-refractivity contribution < 1.29 is 4.74 Å². The third-order valence-corrected chi connectivity index (χ3v) is 3.59. The zero-order valence-electron chi connectivity index (χ0n) is 10.6. The summed E-state index contributed by atoms with van der Waals surface area (Å²) in [4.78, 5) is 7.83. The first-order valence-corrected chi connectivity index (χ1v) is 6.89. The second kappa shape index (κ2) is 7.26. The van der Waals surface area contributed by atoms with Crippen molar-refractivity contribution in [2.75, 3.05) is 20.3 Å². The molecule has 4 heteroatoms. The molecule has 0 spiro atoms. The van der Waals surface area contributed by atoms with Crippen LogP contribution in [0.3, 0.4) is 0 Å². The number of hydrogen-bond donors (Lipinski definition) is 0. The van der Waals surface area contributed by atoms with Crippen LogP contribution in [0, 0.1) is 0 Å². The number of rotatable bonds is 7. The van der Waals surface area contributed by atoms with Crippen molar-refractivity contribution >= 4 is 11.3 Å². The van der Waals surface area contributed by atoms with Crippen LogP contribution in [0.2, 0.25) is 0 Å². The van der Waals surface area contributed by atoms with Crippen LogP contribution in [-0.2, 0) is 17.8 Å². The maximum atomic E-state index is 5.18. The predicted molar refractivity (Wildman–Crippen MR) is 74.5 cm³/mol. The first-order valence-electron chi connectivity index (χ1n) is 6.01. The molecule has 0 unspecified atom stereocenters. The SMILES string of the molecule is COCCN(Cc1ccncc1)Cc1cccs1. The van der Waals surface area contributed by atoms with Crippen LogP contribution in [0.25, 0.3) is 0 Å². The van der Waals surface area contributed by atoms with Crippen LogP contribution >= 0.6 is 11.3 Å². The normalized spacial score (nSPS) is 11.0. The Morgan fingerprint density at radius 1 is 1.22 bits per heavy atom. The minimum atomic E-state index is 0.760. The van der Waals surface area contributed by atoms with E-state index in [0.717, 1.165) is 26.2 Å². The standard InChI is InChI=1S/C14H18N2OS/c1-17-9-8-16(12-14-3-2-10-18-14)11-13-4-6-15-7-5-13/h2-7,10H,8-9,11-12H2,1H3. The number of thiophene rings is 1. The van der Waals surface area contributed by atoms with Crippen molar-refractivity contribution in [3.8, 4) is 0 Å². The third-order valence-electron chi connectivity index (χ3n) is 2.73. The molecule has 0 aliphatic heterocycles. The molecule has 0 aromatic carbocycles. The summed E-state index contributed by atoms with van der Waals surface area (Å²) in [5, 5.41) is 2.12. The van der Waals surface area contributed by atoms with Crippen molar-refractivity contribution in [3.63, 3.8) is 0 Å². The lowest BCUT2D eigenvalue weighted by atomic mass is 10.2. The summed E-state index contributed by atoms with van der Waals surface area (Å²) in [5.74, 6) is 0. The average Bonchev–Trinajstić information content (AvgIpc) is 2.90. The summed E-state index contributed by atoms with van der Waals surface area (Å²) in [6.45, 7) is 3.61. The lowest BCUT2D eigenvalue weighted by molar-refractivity contribution is 0.140. The van der Waals surface area contributed by atoms with E-state index in [1.54, 1.807) is 18.4 Å². The van der Waals surface area contributed by atoms with E-state index >= 15 is 0 Å². The highest BCUT2D eigenvalue weighted by molar-refractivity contribution is 7.09. The summed E-state index contributed by atoms with van der Waals surface area (Å²) in [5.41, 5.74) is 1.29. The molecule has 0 N–H and O–H groups in total. The molecule has 2 aromatic heterocycles. The molecular weight excluding hydrogens is 244 g/mol. The largest absolute Gasteiger partial charge is 0.383 e. The molecule has 0 aliphatic carbocycles. The van der Waals surface area contributed by atoms with Crippen molar-refractivity contribution in [3.05, 3.63) is 52.5 Å². The Balaban J connectivity index is 1.96. The van der Waals surface area contributed by atoms with Gasteiger partial charge in [0.2, 0.25) is 0 Å². The van der Waals surface area contributed by atoms with Gasteiger partial charge in [0.05, 0.1) is 6.61 Å². The first kappa shape index (κ1) is 13.2. The Hall–Kier alpha value is -1.23. The lowest BCUT2D eigenvalue weighted by Crippen LogP contribution is -2.26. The van der Waals surface area contributed by atoms with Crippen molar-refractivity contribution in [2.45, 2.75) is 13.1 Å². The van der Waals surface area contributed by atoms with E-state index in [1.807, 2.05) is 12.4 Å². The maximum Gasteiger partial charge on any atom is 0.0589 e. The fourth-order valence-corrected chi connectivity index (χ4v) is 2.55. The van der Waals surface area contributed by atoms with Gasteiger partial charge in [0, 0.05) is 44.0 Å². The summed E-state index contributed by atoms with van der Waals surface area (Å²) in [6.07, 6.45) is 3.68. The Labute approximate surface area is 112 Å². The van der Waals surface area contributed by atoms with Crippen LogP contribution in [-0.4, -0.2) is 30.1 Å². The minimum Gasteiger partial charge on any atom is -0.383 e. The topological polar surface area (TPSA) is 25.4 Å². The number of pyridine rings is 1. The second-order valence-electron chi connectivity index (χ2n) is 4.14. The predicted octanol–water partition coefficient (Wildman–Crippen LogP) is 2.79. The van der Waals surface area contributed by atoms with Gasteiger partial charge >= 0.3 is 0 Å². The van der Waals surface area contributed by atoms with Gasteiger partial charge in [-0.2, -0.15) is 0 Å². The van der Waals surface area contributed by atoms with E-state index in [4.69, 9.17) is 4.74 Å². The van der Waals surface area contributed by atoms with E-state index in [0.29, 0.717) is 0 Å². The molecule has 0 radical (unpaired) electrons. The quantitative estimate of drug-likeness (QED) is 0.767. The molecule has 0 saturated carbocycles. The Kier molecular flexibility index (Phi) is 5.33. The highest BCUT2D eigenvalue weighted by Crippen LogP contribution is 2.13. The van der Waals surface area contributed by atoms with Gasteiger partial charge in [0.1, 0.15) is 0 Å². The molecule has 18 heavy (non-hydrogen) atoms. The fourth-order valence-electron chi connectivity index (χ4n) is 1.80. The van der Waals surface area contributed by atoms with Crippen LogP contribution in [0.5, 0.6) is 0 Å². The van der Waals surface area contributed by atoms with Gasteiger partial charge in [-0.3, -0.25) is 9.88 Å². The third kappa shape index (κ3) is 4.22. The molecule has 96 valence electrons. The van der Waals surface area contributed by atoms with Gasteiger partial charge in [-0.25, -0.2) is 0 Å². The number of hydrogen-bond acceptors (Lipinski definition) is 4. The van der Waals surface area contributed by atoms with Gasteiger partial charge in [0.25, 0.3) is 0 Å². The van der Waals surface area contributed by atoms with Gasteiger partial charge < -0.3 is 4.74 Å². The van der Waals surface area contributed by atoms with E-state index in [1.165, 1.54) is 10.4 Å². The molecule has 0 atom stereocenters. The first-order chi connectivity index (χ1) is 8.88. The van der Waals surface area contributed by atoms with E-state index < -0.39 is 0 Å². The fraction of sp³-hybridized carbons (Fsp3) is 0.357. The summed E-state index contributed by atoms with van der Waals surface area (Å²) in [6, 6.07) is 8.40. The molecular formula is C14H18N2OS. The molecule has 2 rings (SSSR count). The lowest BCUT2D eigenvalue weighted by Gasteiger charge is -2.21. The van der Waals surface area contributed by atoms with Crippen LogP contribution < -0.4 is 0 Å². The number of nitrogens with zero attached hydrogens (tertiary/aromatic N) is 2. The van der Waals surface area contributed by atoms with Gasteiger partial charge in [-0.05, 0) is 29.1 Å². The smallest absolute Gasteiger partial charge is 0.0589 e. The molecule has 0 amide bonds. The maximum absolute atomic E-state index is 5.18. The van der Waals surface area contributed by atoms with Crippen LogP contribution in [0.15, 0.2) is 42.0 Å². The Morgan fingerprint density at radius 2 is 2.06 bits per heavy atom. The highest BCUT2D eigenvalue weighted by Gasteiger charge is 2.07. The zero-order valence-corrected chi connectivity index (χ0v) is 11.4. The summed E-state index contributed by atoms with van der Waals surface area (Å²) >= 11 is 1.80. The molecule has 0 aliphatic rings. The molecule has 2 aromatic rings. The van der Waals surface area contributed by atoms with E-state index in [2.05, 4.69) is 39.5 Å². The number of aromatic nitrogens is 1. The molecule has 0 saturated heterocycles. The minimum absolute atomic E-state index is 0.760. The molecule has 0 fully saturated rings. The van der Waals surface area contributed by atoms with Crippen molar-refractivity contribution in [1.82, 2.24) is 9.88 Å². The van der Waals surface area contributed by atoms with Gasteiger partial charge in [-0.15, -0.1) is 11.3 Å². The van der Waals surface area contributed by atoms with Crippen LogP contribution in [0.4, 0.5) is 0 Å². The Morgan fingerprint density at radius 3 is 2.72 bits per heavy atom. The summed E-state index contributed by atoms with van der Waals surface area (Å²) < 4.78 is 5.18. The van der Waals surface area contributed by atoms with E-state index in [9.17, 15) is 0 Å². The molecule has 2 heterocycles. The molecule has 3 nitrogen and oxygen atoms in total. The summed E-state index contributed by atoms with van der Waals surface area (Å²) in [7, 11) is 1.75. The Bertz CT molecular complexity index is 430. The average molecular weight is 262 g/mol. The second-order valence-corrected chi connectivity index (χ2v) is 5.17. The van der Waals surface area contributed by atoms with Crippen molar-refractivity contribution in [2.24, 2.45) is 0 Å². The van der Waals surface area contributed by atoms with E-state index in [-0.39, 0.29) is 0 Å². The monoisotopic (exact) mass is 262 g/mol. The zero-order chi connectivity index (χ0) is 12.6. The highest BCUT2D eigenvalue weighted by atomic mass is 32.1.